The smallest absolute Gasteiger partial charge is 0.0456 e. The number of hydrogen-bond acceptors (Lipinski definition) is 2. The van der Waals surface area contributed by atoms with Crippen LogP contribution in [-0.2, 0) is 0 Å². The normalized spacial score (nSPS) is 16.8. The van der Waals surface area contributed by atoms with Crippen LogP contribution in [0.1, 0.15) is 26.7 Å². The van der Waals surface area contributed by atoms with Gasteiger partial charge < -0.3 is 10.2 Å². The summed E-state index contributed by atoms with van der Waals surface area (Å²) in [7, 11) is 0. The summed E-state index contributed by atoms with van der Waals surface area (Å²) in [6.07, 6.45) is 2.02. The average Bonchev–Trinajstić information content (AvgIpc) is 1.99. The Kier molecular flexibility index (Phi) is 5.64. The lowest BCUT2D eigenvalue weighted by Gasteiger charge is -2.10. The Morgan fingerprint density at radius 3 is 1.40 bits per heavy atom. The number of hydrogen-bond donors (Lipinski definition) is 2. The lowest BCUT2D eigenvalue weighted by Crippen LogP contribution is -2.06. The van der Waals surface area contributed by atoms with Gasteiger partial charge in [-0.25, -0.2) is 0 Å². The average molecular weight is 146 g/mol. The predicted molar refractivity (Wildman–Crippen MR) is 41.7 cm³/mol. The van der Waals surface area contributed by atoms with Crippen molar-refractivity contribution >= 4 is 0 Å². The highest BCUT2D eigenvalue weighted by molar-refractivity contribution is 4.55. The minimum Gasteiger partial charge on any atom is -0.396 e. The molecule has 0 aliphatic heterocycles. The topological polar surface area (TPSA) is 40.5 Å². The summed E-state index contributed by atoms with van der Waals surface area (Å²) < 4.78 is 0. The SMILES string of the molecule is C[C@@H](CO)CC[C@@H](C)CO. The molecule has 0 rings (SSSR count). The van der Waals surface area contributed by atoms with Crippen LogP contribution < -0.4 is 0 Å². The molecule has 0 heterocycles. The zero-order valence-corrected chi connectivity index (χ0v) is 6.88. The molecule has 0 aliphatic carbocycles. The van der Waals surface area contributed by atoms with Crippen LogP contribution in [0.4, 0.5) is 0 Å². The van der Waals surface area contributed by atoms with Gasteiger partial charge in [0.2, 0.25) is 0 Å². The fourth-order valence-corrected chi connectivity index (χ4v) is 0.752. The highest BCUT2D eigenvalue weighted by Gasteiger charge is 2.03. The highest BCUT2D eigenvalue weighted by atomic mass is 16.3. The molecule has 0 aromatic carbocycles. The van der Waals surface area contributed by atoms with Crippen LogP contribution in [0.2, 0.25) is 0 Å². The van der Waals surface area contributed by atoms with E-state index in [0.29, 0.717) is 11.8 Å². The summed E-state index contributed by atoms with van der Waals surface area (Å²) in [5, 5.41) is 17.3. The van der Waals surface area contributed by atoms with Crippen molar-refractivity contribution in [2.75, 3.05) is 13.2 Å². The molecule has 2 N–H and O–H groups in total. The van der Waals surface area contributed by atoms with E-state index in [-0.39, 0.29) is 13.2 Å². The van der Waals surface area contributed by atoms with Gasteiger partial charge in [-0.2, -0.15) is 0 Å². The van der Waals surface area contributed by atoms with Crippen LogP contribution in [0.15, 0.2) is 0 Å². The summed E-state index contributed by atoms with van der Waals surface area (Å²) >= 11 is 0. The van der Waals surface area contributed by atoms with Crippen LogP contribution in [0, 0.1) is 11.8 Å². The molecule has 2 atom stereocenters. The van der Waals surface area contributed by atoms with Gasteiger partial charge in [0.1, 0.15) is 0 Å². The van der Waals surface area contributed by atoms with E-state index in [1.54, 1.807) is 0 Å². The third-order valence-corrected chi connectivity index (χ3v) is 1.78. The summed E-state index contributed by atoms with van der Waals surface area (Å²) in [5.41, 5.74) is 0. The zero-order chi connectivity index (χ0) is 7.98. The van der Waals surface area contributed by atoms with E-state index in [9.17, 15) is 0 Å². The van der Waals surface area contributed by atoms with Gasteiger partial charge in [-0.3, -0.25) is 0 Å². The first-order chi connectivity index (χ1) is 4.70. The fraction of sp³-hybridized carbons (Fsp3) is 1.00. The van der Waals surface area contributed by atoms with E-state index >= 15 is 0 Å². The van der Waals surface area contributed by atoms with Crippen LogP contribution in [0.5, 0.6) is 0 Å². The van der Waals surface area contributed by atoms with Gasteiger partial charge in [-0.1, -0.05) is 13.8 Å². The van der Waals surface area contributed by atoms with Crippen molar-refractivity contribution in [3.8, 4) is 0 Å². The Morgan fingerprint density at radius 2 is 1.20 bits per heavy atom. The molecule has 0 aromatic heterocycles. The Labute approximate surface area is 62.9 Å². The Morgan fingerprint density at radius 1 is 0.900 bits per heavy atom. The molecular formula is C8H18O2. The van der Waals surface area contributed by atoms with Gasteiger partial charge in [-0.15, -0.1) is 0 Å². The Bertz CT molecular complexity index is 63.7. The third-order valence-electron chi connectivity index (χ3n) is 1.78. The summed E-state index contributed by atoms with van der Waals surface area (Å²) in [4.78, 5) is 0. The molecule has 0 aliphatic rings. The lowest BCUT2D eigenvalue weighted by atomic mass is 9.99. The molecular weight excluding hydrogens is 128 g/mol. The van der Waals surface area contributed by atoms with Crippen molar-refractivity contribution in [1.82, 2.24) is 0 Å². The van der Waals surface area contributed by atoms with Gasteiger partial charge in [0.25, 0.3) is 0 Å². The standard InChI is InChI=1S/C8H18O2/c1-7(5-9)3-4-8(2)6-10/h7-10H,3-6H2,1-2H3/t7-,8-/m1/s1. The molecule has 0 saturated carbocycles. The molecule has 10 heavy (non-hydrogen) atoms. The van der Waals surface area contributed by atoms with Gasteiger partial charge in [-0.05, 0) is 24.7 Å². The van der Waals surface area contributed by atoms with Crippen molar-refractivity contribution in [2.24, 2.45) is 11.8 Å². The van der Waals surface area contributed by atoms with Crippen LogP contribution in [0.25, 0.3) is 0 Å². The second kappa shape index (κ2) is 5.69. The molecule has 0 aromatic rings. The minimum absolute atomic E-state index is 0.262. The predicted octanol–water partition coefficient (Wildman–Crippen LogP) is 1.02. The van der Waals surface area contributed by atoms with Gasteiger partial charge in [0, 0.05) is 13.2 Å². The first-order valence-electron chi connectivity index (χ1n) is 3.92. The number of rotatable bonds is 5. The number of aliphatic hydroxyl groups is 2. The fourth-order valence-electron chi connectivity index (χ4n) is 0.752. The summed E-state index contributed by atoms with van der Waals surface area (Å²) in [6.45, 7) is 4.56. The molecule has 0 amide bonds. The molecule has 0 saturated heterocycles. The Hall–Kier alpha value is -0.0800. The van der Waals surface area contributed by atoms with Crippen molar-refractivity contribution in [2.45, 2.75) is 26.7 Å². The molecule has 0 radical (unpaired) electrons. The van der Waals surface area contributed by atoms with Crippen LogP contribution in [-0.4, -0.2) is 23.4 Å². The van der Waals surface area contributed by atoms with E-state index in [2.05, 4.69) is 0 Å². The lowest BCUT2D eigenvalue weighted by molar-refractivity contribution is 0.197. The molecule has 2 nitrogen and oxygen atoms in total. The summed E-state index contributed by atoms with van der Waals surface area (Å²) in [5.74, 6) is 0.767. The van der Waals surface area contributed by atoms with Gasteiger partial charge in [0.15, 0.2) is 0 Å². The second-order valence-electron chi connectivity index (χ2n) is 3.15. The van der Waals surface area contributed by atoms with Crippen molar-refractivity contribution in [3.63, 3.8) is 0 Å². The molecule has 0 bridgehead atoms. The maximum absolute atomic E-state index is 8.66. The molecule has 0 unspecified atom stereocenters. The largest absolute Gasteiger partial charge is 0.396 e. The first-order valence-corrected chi connectivity index (χ1v) is 3.92. The van der Waals surface area contributed by atoms with Crippen molar-refractivity contribution < 1.29 is 10.2 Å². The second-order valence-corrected chi connectivity index (χ2v) is 3.15. The maximum Gasteiger partial charge on any atom is 0.0456 e. The maximum atomic E-state index is 8.66. The van der Waals surface area contributed by atoms with Gasteiger partial charge >= 0.3 is 0 Å². The number of aliphatic hydroxyl groups excluding tert-OH is 2. The Balaban J connectivity index is 3.17. The van der Waals surface area contributed by atoms with Crippen molar-refractivity contribution in [1.29, 1.82) is 0 Å². The van der Waals surface area contributed by atoms with E-state index in [4.69, 9.17) is 10.2 Å². The van der Waals surface area contributed by atoms with E-state index in [1.165, 1.54) is 0 Å². The van der Waals surface area contributed by atoms with Crippen LogP contribution >= 0.6 is 0 Å². The van der Waals surface area contributed by atoms with Crippen molar-refractivity contribution in [3.05, 3.63) is 0 Å². The molecule has 0 spiro atoms. The molecule has 0 fully saturated rings. The third kappa shape index (κ3) is 4.77. The zero-order valence-electron chi connectivity index (χ0n) is 6.88. The monoisotopic (exact) mass is 146 g/mol. The summed E-state index contributed by atoms with van der Waals surface area (Å²) in [6, 6.07) is 0. The minimum atomic E-state index is 0.262. The molecule has 2 heteroatoms. The van der Waals surface area contributed by atoms with E-state index in [1.807, 2.05) is 13.8 Å². The van der Waals surface area contributed by atoms with E-state index < -0.39 is 0 Å². The molecule has 62 valence electrons. The quantitative estimate of drug-likeness (QED) is 0.608. The van der Waals surface area contributed by atoms with Gasteiger partial charge in [0.05, 0.1) is 0 Å². The highest BCUT2D eigenvalue weighted by Crippen LogP contribution is 2.10. The first kappa shape index (κ1) is 9.92. The van der Waals surface area contributed by atoms with E-state index in [0.717, 1.165) is 12.8 Å². The van der Waals surface area contributed by atoms with Crippen LogP contribution in [0.3, 0.4) is 0 Å².